The molecule has 0 spiro atoms. The third-order valence-corrected chi connectivity index (χ3v) is 6.48. The van der Waals surface area contributed by atoms with E-state index in [0.29, 0.717) is 12.3 Å². The highest BCUT2D eigenvalue weighted by molar-refractivity contribution is 8.00. The number of anilines is 1. The number of carboxylic acid groups (broad SMARTS) is 1. The molecule has 2 amide bonds. The van der Waals surface area contributed by atoms with Crippen LogP contribution in [0.1, 0.15) is 13.8 Å². The molecule has 2 unspecified atom stereocenters. The van der Waals surface area contributed by atoms with Crippen molar-refractivity contribution in [2.75, 3.05) is 23.8 Å². The van der Waals surface area contributed by atoms with Gasteiger partial charge in [-0.05, 0) is 19.1 Å². The Hall–Kier alpha value is -2.48. The van der Waals surface area contributed by atoms with Gasteiger partial charge in [0, 0.05) is 24.9 Å². The lowest BCUT2D eigenvalue weighted by molar-refractivity contribution is -0.157. The second-order valence-electron chi connectivity index (χ2n) is 6.58. The van der Waals surface area contributed by atoms with Gasteiger partial charge in [-0.25, -0.2) is 0 Å². The van der Waals surface area contributed by atoms with Crippen molar-refractivity contribution < 1.29 is 24.2 Å². The molecule has 1 aromatic carbocycles. The monoisotopic (exact) mass is 390 g/mol. The van der Waals surface area contributed by atoms with Crippen molar-refractivity contribution >= 4 is 35.2 Å². The lowest BCUT2D eigenvalue weighted by Crippen LogP contribution is -2.74. The van der Waals surface area contributed by atoms with E-state index >= 15 is 0 Å². The van der Waals surface area contributed by atoms with Crippen molar-refractivity contribution in [2.45, 2.75) is 25.3 Å². The van der Waals surface area contributed by atoms with E-state index in [0.717, 1.165) is 0 Å². The largest absolute Gasteiger partial charge is 0.498 e. The van der Waals surface area contributed by atoms with Crippen LogP contribution in [0.15, 0.2) is 42.7 Å². The number of aliphatic carboxylic acids is 1. The van der Waals surface area contributed by atoms with Crippen molar-refractivity contribution in [1.29, 1.82) is 0 Å². The molecule has 0 bridgehead atoms. The number of carbonyl (C=O) groups is 3. The molecular formula is C19H22N2O5S. The molecule has 144 valence electrons. The fourth-order valence-corrected chi connectivity index (χ4v) is 5.12. The normalized spacial score (nSPS) is 26.6. The van der Waals surface area contributed by atoms with Crippen molar-refractivity contribution in [3.05, 3.63) is 42.7 Å². The molecule has 27 heavy (non-hydrogen) atoms. The number of hydrogen-bond donors (Lipinski definition) is 1. The lowest BCUT2D eigenvalue weighted by Gasteiger charge is -2.56. The van der Waals surface area contributed by atoms with Crippen LogP contribution in [0.4, 0.5) is 5.69 Å². The number of amides is 2. The Morgan fingerprint density at radius 2 is 2.07 bits per heavy atom. The summed E-state index contributed by atoms with van der Waals surface area (Å²) in [6, 6.07) is 8.38. The standard InChI is InChI=1S/C19H22N2O5S/c1-4-26-12(2)19(18(24)25)10-20-16(23)15(17(20)27-11-19)21(13(3)22)14-8-6-5-7-9-14/h5-9,15,17H,2,4,10-11H2,1,3H3,(H,24,25)/t15?,17-,19?/m1/s1. The fraction of sp³-hybridized carbons (Fsp3) is 0.421. The lowest BCUT2D eigenvalue weighted by atomic mass is 9.85. The minimum Gasteiger partial charge on any atom is -0.498 e. The summed E-state index contributed by atoms with van der Waals surface area (Å²) in [7, 11) is 0. The van der Waals surface area contributed by atoms with Gasteiger partial charge in [0.15, 0.2) is 5.41 Å². The minimum atomic E-state index is -1.34. The molecule has 2 fully saturated rings. The van der Waals surface area contributed by atoms with Gasteiger partial charge >= 0.3 is 5.97 Å². The number of hydrogen-bond acceptors (Lipinski definition) is 5. The van der Waals surface area contributed by atoms with Gasteiger partial charge in [-0.3, -0.25) is 19.3 Å². The summed E-state index contributed by atoms with van der Waals surface area (Å²) in [6.07, 6.45) is 0. The minimum absolute atomic E-state index is 0.00526. The molecule has 2 saturated heterocycles. The molecule has 0 aromatic heterocycles. The Morgan fingerprint density at radius 1 is 1.41 bits per heavy atom. The van der Waals surface area contributed by atoms with Gasteiger partial charge in [0.1, 0.15) is 17.2 Å². The molecule has 7 nitrogen and oxygen atoms in total. The zero-order chi connectivity index (χ0) is 19.8. The second kappa shape index (κ2) is 7.26. The molecule has 0 saturated carbocycles. The number of carbonyl (C=O) groups excluding carboxylic acids is 2. The zero-order valence-electron chi connectivity index (χ0n) is 15.3. The van der Waals surface area contributed by atoms with Crippen LogP contribution in [0.3, 0.4) is 0 Å². The molecule has 2 aliphatic heterocycles. The van der Waals surface area contributed by atoms with Crippen LogP contribution < -0.4 is 4.90 Å². The Morgan fingerprint density at radius 3 is 2.63 bits per heavy atom. The molecule has 0 aliphatic carbocycles. The summed E-state index contributed by atoms with van der Waals surface area (Å²) < 4.78 is 5.38. The maximum atomic E-state index is 12.9. The van der Waals surface area contributed by atoms with E-state index in [2.05, 4.69) is 6.58 Å². The Bertz CT molecular complexity index is 784. The van der Waals surface area contributed by atoms with E-state index in [4.69, 9.17) is 4.74 Å². The number of nitrogens with zero attached hydrogens (tertiary/aromatic N) is 2. The predicted octanol–water partition coefficient (Wildman–Crippen LogP) is 1.94. The summed E-state index contributed by atoms with van der Waals surface area (Å²) >= 11 is 1.34. The summed E-state index contributed by atoms with van der Waals surface area (Å²) in [4.78, 5) is 40.1. The van der Waals surface area contributed by atoms with E-state index in [9.17, 15) is 19.5 Å². The molecule has 2 heterocycles. The van der Waals surface area contributed by atoms with Gasteiger partial charge in [0.25, 0.3) is 0 Å². The number of rotatable bonds is 6. The number of fused-ring (bicyclic) bond motifs is 1. The van der Waals surface area contributed by atoms with E-state index in [1.807, 2.05) is 18.2 Å². The smallest absolute Gasteiger partial charge is 0.320 e. The van der Waals surface area contributed by atoms with Crippen molar-refractivity contribution in [1.82, 2.24) is 4.90 Å². The molecule has 3 rings (SSSR count). The zero-order valence-corrected chi connectivity index (χ0v) is 16.1. The van der Waals surface area contributed by atoms with Crippen LogP contribution in [-0.4, -0.2) is 58.1 Å². The SMILES string of the molecule is C=C(OCC)C1(C(=O)O)CS[C@@H]2C(N(C(C)=O)c3ccccc3)C(=O)N2C1. The van der Waals surface area contributed by atoms with E-state index in [1.54, 1.807) is 19.1 Å². The Kier molecular flexibility index (Phi) is 5.19. The number of carboxylic acids is 1. The van der Waals surface area contributed by atoms with Gasteiger partial charge in [-0.15, -0.1) is 11.8 Å². The van der Waals surface area contributed by atoms with Crippen LogP contribution in [0.25, 0.3) is 0 Å². The summed E-state index contributed by atoms with van der Waals surface area (Å²) in [5.74, 6) is -1.16. The molecule has 3 atom stereocenters. The first-order chi connectivity index (χ1) is 12.8. The maximum absolute atomic E-state index is 12.9. The summed E-state index contributed by atoms with van der Waals surface area (Å²) in [5, 5.41) is 9.50. The van der Waals surface area contributed by atoms with Crippen molar-refractivity contribution in [3.63, 3.8) is 0 Å². The van der Waals surface area contributed by atoms with E-state index in [-0.39, 0.29) is 35.2 Å². The Labute approximate surface area is 162 Å². The third kappa shape index (κ3) is 3.07. The third-order valence-electron chi connectivity index (χ3n) is 4.97. The number of ether oxygens (including phenoxy) is 1. The van der Waals surface area contributed by atoms with Crippen LogP contribution in [0, 0.1) is 5.41 Å². The topological polar surface area (TPSA) is 87.1 Å². The molecule has 2 aliphatic rings. The highest BCUT2D eigenvalue weighted by atomic mass is 32.2. The van der Waals surface area contributed by atoms with Gasteiger partial charge < -0.3 is 14.7 Å². The van der Waals surface area contributed by atoms with Crippen LogP contribution in [0.2, 0.25) is 0 Å². The van der Waals surface area contributed by atoms with Crippen LogP contribution in [0.5, 0.6) is 0 Å². The van der Waals surface area contributed by atoms with Crippen LogP contribution in [-0.2, 0) is 19.1 Å². The van der Waals surface area contributed by atoms with E-state index in [1.165, 1.54) is 28.5 Å². The molecule has 1 aromatic rings. The average molecular weight is 390 g/mol. The predicted molar refractivity (Wildman–Crippen MR) is 102 cm³/mol. The quantitative estimate of drug-likeness (QED) is 0.590. The molecular weight excluding hydrogens is 368 g/mol. The van der Waals surface area contributed by atoms with Gasteiger partial charge in [-0.1, -0.05) is 24.8 Å². The number of benzene rings is 1. The van der Waals surface area contributed by atoms with Crippen LogP contribution >= 0.6 is 11.8 Å². The Balaban J connectivity index is 1.85. The molecule has 1 N–H and O–H groups in total. The van der Waals surface area contributed by atoms with Gasteiger partial charge in [0.2, 0.25) is 11.8 Å². The second-order valence-corrected chi connectivity index (χ2v) is 7.69. The van der Waals surface area contributed by atoms with Crippen molar-refractivity contribution in [3.8, 4) is 0 Å². The van der Waals surface area contributed by atoms with Gasteiger partial charge in [0.05, 0.1) is 6.61 Å². The molecule has 0 radical (unpaired) electrons. The maximum Gasteiger partial charge on any atom is 0.320 e. The highest BCUT2D eigenvalue weighted by Gasteiger charge is 2.60. The molecule has 8 heteroatoms. The van der Waals surface area contributed by atoms with E-state index < -0.39 is 17.4 Å². The first-order valence-electron chi connectivity index (χ1n) is 8.66. The first kappa shape index (κ1) is 19.3. The summed E-state index contributed by atoms with van der Waals surface area (Å²) in [5.41, 5.74) is -0.691. The van der Waals surface area contributed by atoms with Crippen molar-refractivity contribution in [2.24, 2.45) is 5.41 Å². The first-order valence-corrected chi connectivity index (χ1v) is 9.71. The summed E-state index contributed by atoms with van der Waals surface area (Å²) in [6.45, 7) is 7.27. The fourth-order valence-electron chi connectivity index (χ4n) is 3.51. The highest BCUT2D eigenvalue weighted by Crippen LogP contribution is 2.47. The van der Waals surface area contributed by atoms with Gasteiger partial charge in [-0.2, -0.15) is 0 Å². The average Bonchev–Trinajstić information content (AvgIpc) is 2.65. The number of β-lactam (4-membered cyclic amide) rings is 1. The number of para-hydroxylation sites is 1. The number of thioether (sulfide) groups is 1.